The van der Waals surface area contributed by atoms with Crippen molar-refractivity contribution in [1.29, 1.82) is 0 Å². The van der Waals surface area contributed by atoms with Gasteiger partial charge >= 0.3 is 0 Å². The fourth-order valence-corrected chi connectivity index (χ4v) is 5.56. The molecule has 2 saturated heterocycles. The Bertz CT molecular complexity index is 973. The van der Waals surface area contributed by atoms with Crippen molar-refractivity contribution in [3.05, 3.63) is 35.5 Å². The van der Waals surface area contributed by atoms with Crippen LogP contribution in [0, 0.1) is 12.8 Å². The molecule has 6 nitrogen and oxygen atoms in total. The van der Waals surface area contributed by atoms with Crippen molar-refractivity contribution in [3.8, 4) is 0 Å². The van der Waals surface area contributed by atoms with Crippen LogP contribution in [0.3, 0.4) is 0 Å². The van der Waals surface area contributed by atoms with Gasteiger partial charge in [-0.15, -0.1) is 0 Å². The Morgan fingerprint density at radius 3 is 2.45 bits per heavy atom. The molecule has 0 unspecified atom stereocenters. The number of carbonyl (C=O) groups is 2. The molecule has 1 aromatic heterocycles. The standard InChI is InChI=1S/C25H36N4O2/c1-16-7-6-8-21-23(16)20(14-28(21)5)24(31)26-13-17-11-18-9-10-19(12-17)29(18)15-22(30)27-25(2,3)4/h6-8,14,17-19H,9-13,15H2,1-5H3,(H,26,31)(H,27,30)/t17-,18-,19+. The Balaban J connectivity index is 1.35. The molecule has 3 atom stereocenters. The van der Waals surface area contributed by atoms with Crippen LogP contribution in [0.1, 0.15) is 62.4 Å². The molecule has 2 aromatic rings. The lowest BCUT2D eigenvalue weighted by molar-refractivity contribution is -0.125. The highest BCUT2D eigenvalue weighted by molar-refractivity contribution is 6.08. The van der Waals surface area contributed by atoms with Crippen molar-refractivity contribution in [2.45, 2.75) is 71.0 Å². The van der Waals surface area contributed by atoms with Crippen molar-refractivity contribution < 1.29 is 9.59 Å². The van der Waals surface area contributed by atoms with Gasteiger partial charge in [-0.05, 0) is 70.9 Å². The average molecular weight is 425 g/mol. The molecule has 2 N–H and O–H groups in total. The van der Waals surface area contributed by atoms with Crippen molar-refractivity contribution in [3.63, 3.8) is 0 Å². The van der Waals surface area contributed by atoms with Crippen LogP contribution in [0.2, 0.25) is 0 Å². The second kappa shape index (κ2) is 8.30. The van der Waals surface area contributed by atoms with Gasteiger partial charge < -0.3 is 15.2 Å². The average Bonchev–Trinajstić information content (AvgIpc) is 3.12. The summed E-state index contributed by atoms with van der Waals surface area (Å²) in [6, 6.07) is 7.05. The lowest BCUT2D eigenvalue weighted by Gasteiger charge is -2.39. The van der Waals surface area contributed by atoms with E-state index < -0.39 is 0 Å². The largest absolute Gasteiger partial charge is 0.352 e. The molecule has 2 bridgehead atoms. The van der Waals surface area contributed by atoms with Gasteiger partial charge in [0.2, 0.25) is 5.91 Å². The second-order valence-electron chi connectivity index (χ2n) is 10.5. The van der Waals surface area contributed by atoms with Gasteiger partial charge in [0, 0.05) is 48.3 Å². The Hall–Kier alpha value is -2.34. The van der Waals surface area contributed by atoms with E-state index in [1.54, 1.807) is 0 Å². The summed E-state index contributed by atoms with van der Waals surface area (Å²) in [6.45, 7) is 9.31. The van der Waals surface area contributed by atoms with Gasteiger partial charge in [0.25, 0.3) is 5.91 Å². The van der Waals surface area contributed by atoms with E-state index in [1.807, 2.05) is 44.6 Å². The predicted octanol–water partition coefficient (Wildman–Crippen LogP) is 3.37. The predicted molar refractivity (Wildman–Crippen MR) is 124 cm³/mol. The quantitative estimate of drug-likeness (QED) is 0.773. The van der Waals surface area contributed by atoms with E-state index in [9.17, 15) is 9.59 Å². The molecule has 31 heavy (non-hydrogen) atoms. The number of benzene rings is 1. The first-order valence-electron chi connectivity index (χ1n) is 11.5. The zero-order valence-electron chi connectivity index (χ0n) is 19.5. The summed E-state index contributed by atoms with van der Waals surface area (Å²) in [7, 11) is 1.99. The number of hydrogen-bond donors (Lipinski definition) is 2. The second-order valence-corrected chi connectivity index (χ2v) is 10.5. The summed E-state index contributed by atoms with van der Waals surface area (Å²) in [5.74, 6) is 0.598. The number of piperidine rings is 1. The molecular weight excluding hydrogens is 388 g/mol. The first-order chi connectivity index (χ1) is 14.6. The third-order valence-electron chi connectivity index (χ3n) is 6.84. The third-order valence-corrected chi connectivity index (χ3v) is 6.84. The summed E-state index contributed by atoms with van der Waals surface area (Å²) in [5.41, 5.74) is 2.78. The molecule has 0 aliphatic carbocycles. The summed E-state index contributed by atoms with van der Waals surface area (Å²) >= 11 is 0. The van der Waals surface area contributed by atoms with Crippen LogP contribution in [0.25, 0.3) is 10.9 Å². The Labute approximate surface area is 185 Å². The maximum absolute atomic E-state index is 13.0. The lowest BCUT2D eigenvalue weighted by Crippen LogP contribution is -2.52. The molecular formula is C25H36N4O2. The van der Waals surface area contributed by atoms with E-state index in [0.29, 0.717) is 31.1 Å². The number of amides is 2. The highest BCUT2D eigenvalue weighted by Crippen LogP contribution is 2.38. The molecule has 2 aliphatic heterocycles. The van der Waals surface area contributed by atoms with E-state index in [4.69, 9.17) is 0 Å². The third kappa shape index (κ3) is 4.64. The molecule has 2 amide bonds. The summed E-state index contributed by atoms with van der Waals surface area (Å²) in [6.07, 6.45) is 6.34. The van der Waals surface area contributed by atoms with Gasteiger partial charge in [-0.1, -0.05) is 12.1 Å². The number of nitrogens with zero attached hydrogens (tertiary/aromatic N) is 2. The minimum absolute atomic E-state index is 0.0132. The van der Waals surface area contributed by atoms with Crippen LogP contribution in [0.15, 0.2) is 24.4 Å². The maximum Gasteiger partial charge on any atom is 0.253 e. The molecule has 6 heteroatoms. The van der Waals surface area contributed by atoms with Crippen molar-refractivity contribution in [1.82, 2.24) is 20.1 Å². The molecule has 0 spiro atoms. The van der Waals surface area contributed by atoms with Gasteiger partial charge in [-0.3, -0.25) is 14.5 Å². The monoisotopic (exact) mass is 424 g/mol. The smallest absolute Gasteiger partial charge is 0.253 e. The molecule has 168 valence electrons. The van der Waals surface area contributed by atoms with E-state index in [2.05, 4.69) is 34.6 Å². The highest BCUT2D eigenvalue weighted by atomic mass is 16.2. The highest BCUT2D eigenvalue weighted by Gasteiger charge is 2.41. The lowest BCUT2D eigenvalue weighted by atomic mass is 9.90. The Morgan fingerprint density at radius 1 is 1.13 bits per heavy atom. The molecule has 0 saturated carbocycles. The molecule has 1 aromatic carbocycles. The number of fused-ring (bicyclic) bond motifs is 3. The first-order valence-corrected chi connectivity index (χ1v) is 11.5. The van der Waals surface area contributed by atoms with E-state index in [0.717, 1.165) is 47.7 Å². The van der Waals surface area contributed by atoms with Gasteiger partial charge in [0.15, 0.2) is 0 Å². The number of carbonyl (C=O) groups excluding carboxylic acids is 2. The van der Waals surface area contributed by atoms with Gasteiger partial charge in [-0.2, -0.15) is 0 Å². The van der Waals surface area contributed by atoms with Crippen molar-refractivity contribution in [2.24, 2.45) is 13.0 Å². The maximum atomic E-state index is 13.0. The van der Waals surface area contributed by atoms with E-state index >= 15 is 0 Å². The Kier molecular flexibility index (Phi) is 5.86. The fourth-order valence-electron chi connectivity index (χ4n) is 5.56. The zero-order chi connectivity index (χ0) is 22.3. The van der Waals surface area contributed by atoms with Crippen molar-refractivity contribution >= 4 is 22.7 Å². The first kappa shape index (κ1) is 21.9. The van der Waals surface area contributed by atoms with Crippen LogP contribution in [0.4, 0.5) is 0 Å². The normalized spacial score (nSPS) is 23.8. The van der Waals surface area contributed by atoms with E-state index in [1.165, 1.54) is 0 Å². The van der Waals surface area contributed by atoms with Gasteiger partial charge in [0.05, 0.1) is 12.1 Å². The van der Waals surface area contributed by atoms with Crippen LogP contribution in [0.5, 0.6) is 0 Å². The van der Waals surface area contributed by atoms with Crippen LogP contribution in [-0.4, -0.2) is 52.0 Å². The Morgan fingerprint density at radius 2 is 1.81 bits per heavy atom. The molecule has 2 aliphatic rings. The summed E-state index contributed by atoms with van der Waals surface area (Å²) in [5, 5.41) is 7.34. The number of rotatable bonds is 5. The number of nitrogens with one attached hydrogen (secondary N) is 2. The van der Waals surface area contributed by atoms with Gasteiger partial charge in [-0.25, -0.2) is 0 Å². The number of aromatic nitrogens is 1. The molecule has 2 fully saturated rings. The number of aryl methyl sites for hydroxylation is 2. The fraction of sp³-hybridized carbons (Fsp3) is 0.600. The summed E-state index contributed by atoms with van der Waals surface area (Å²) < 4.78 is 2.03. The number of hydrogen-bond acceptors (Lipinski definition) is 3. The zero-order valence-corrected chi connectivity index (χ0v) is 19.5. The minimum Gasteiger partial charge on any atom is -0.352 e. The van der Waals surface area contributed by atoms with Crippen LogP contribution in [-0.2, 0) is 11.8 Å². The van der Waals surface area contributed by atoms with E-state index in [-0.39, 0.29) is 17.4 Å². The van der Waals surface area contributed by atoms with Crippen LogP contribution < -0.4 is 10.6 Å². The molecule has 3 heterocycles. The topological polar surface area (TPSA) is 66.4 Å². The molecule has 0 radical (unpaired) electrons. The summed E-state index contributed by atoms with van der Waals surface area (Å²) in [4.78, 5) is 27.8. The molecule has 4 rings (SSSR count). The minimum atomic E-state index is -0.196. The van der Waals surface area contributed by atoms with Gasteiger partial charge in [0.1, 0.15) is 0 Å². The van der Waals surface area contributed by atoms with Crippen molar-refractivity contribution in [2.75, 3.05) is 13.1 Å². The van der Waals surface area contributed by atoms with Crippen LogP contribution >= 0.6 is 0 Å². The SMILES string of the molecule is Cc1cccc2c1c(C(=O)NC[C@@H]1C[C@H]3CC[C@@H](C1)N3CC(=O)NC(C)(C)C)cn2C.